The van der Waals surface area contributed by atoms with Crippen molar-refractivity contribution in [2.75, 3.05) is 26.4 Å². The highest BCUT2D eigenvalue weighted by atomic mass is 32.1. The number of nitrogens with zero attached hydrogens (tertiary/aromatic N) is 2. The zero-order valence-electron chi connectivity index (χ0n) is 19.5. The lowest BCUT2D eigenvalue weighted by molar-refractivity contribution is 0.166. The van der Waals surface area contributed by atoms with E-state index in [2.05, 4.69) is 68.8 Å². The number of thiazole rings is 1. The molecule has 1 aromatic carbocycles. The van der Waals surface area contributed by atoms with Crippen molar-refractivity contribution < 1.29 is 9.47 Å². The Morgan fingerprint density at radius 3 is 2.84 bits per heavy atom. The van der Waals surface area contributed by atoms with Crippen LogP contribution in [-0.2, 0) is 23.2 Å². The van der Waals surface area contributed by atoms with Crippen molar-refractivity contribution in [2.45, 2.75) is 59.5 Å². The molecule has 1 aliphatic heterocycles. The monoisotopic (exact) mass is 444 g/mol. The van der Waals surface area contributed by atoms with Crippen molar-refractivity contribution in [1.82, 2.24) is 15.6 Å². The fourth-order valence-corrected chi connectivity index (χ4v) is 4.17. The first kappa shape index (κ1) is 23.5. The number of hydrogen-bond donors (Lipinski definition) is 2. The molecular formula is C24H36N4O2S. The maximum absolute atomic E-state index is 6.16. The molecule has 1 aliphatic rings. The minimum absolute atomic E-state index is 0.0773. The standard InChI is InChI=1S/C24H36N4O2S/c1-6-25-23(27-13-20-16-31-22(28-20)24(3,4)5)26-12-19-8-7-17(2)11-21(19)30-15-18-9-10-29-14-18/h7-8,11,16,18H,6,9-10,12-15H2,1-5H3,(H2,25,26,27). The van der Waals surface area contributed by atoms with Crippen molar-refractivity contribution in [3.63, 3.8) is 0 Å². The average Bonchev–Trinajstić information content (AvgIpc) is 3.41. The highest BCUT2D eigenvalue weighted by molar-refractivity contribution is 7.09. The van der Waals surface area contributed by atoms with Gasteiger partial charge in [0.15, 0.2) is 5.96 Å². The lowest BCUT2D eigenvalue weighted by Crippen LogP contribution is -2.36. The van der Waals surface area contributed by atoms with Gasteiger partial charge in [-0.25, -0.2) is 9.98 Å². The predicted molar refractivity (Wildman–Crippen MR) is 128 cm³/mol. The summed E-state index contributed by atoms with van der Waals surface area (Å²) >= 11 is 1.71. The quantitative estimate of drug-likeness (QED) is 0.466. The first-order chi connectivity index (χ1) is 14.8. The van der Waals surface area contributed by atoms with Crippen molar-refractivity contribution in [2.24, 2.45) is 10.9 Å². The molecule has 1 saturated heterocycles. The summed E-state index contributed by atoms with van der Waals surface area (Å²) in [7, 11) is 0. The smallest absolute Gasteiger partial charge is 0.191 e. The Bertz CT molecular complexity index is 867. The summed E-state index contributed by atoms with van der Waals surface area (Å²) in [6.07, 6.45) is 1.07. The van der Waals surface area contributed by atoms with Crippen molar-refractivity contribution >= 4 is 17.3 Å². The minimum atomic E-state index is 0.0773. The van der Waals surface area contributed by atoms with E-state index >= 15 is 0 Å². The van der Waals surface area contributed by atoms with E-state index in [0.29, 0.717) is 25.6 Å². The number of nitrogens with one attached hydrogen (secondary N) is 2. The molecule has 170 valence electrons. The predicted octanol–water partition coefficient (Wildman–Crippen LogP) is 4.42. The van der Waals surface area contributed by atoms with E-state index in [4.69, 9.17) is 19.5 Å². The van der Waals surface area contributed by atoms with Gasteiger partial charge in [0.05, 0.1) is 37.0 Å². The molecule has 1 fully saturated rings. The summed E-state index contributed by atoms with van der Waals surface area (Å²) < 4.78 is 11.6. The number of ether oxygens (including phenoxy) is 2. The number of aliphatic imine (C=N–C) groups is 1. The van der Waals surface area contributed by atoms with Crippen LogP contribution < -0.4 is 15.4 Å². The molecule has 0 amide bonds. The number of aromatic nitrogens is 1. The largest absolute Gasteiger partial charge is 0.493 e. The van der Waals surface area contributed by atoms with Gasteiger partial charge in [-0.3, -0.25) is 0 Å². The van der Waals surface area contributed by atoms with Crippen LogP contribution in [0.1, 0.15) is 55.9 Å². The number of rotatable bonds is 8. The fourth-order valence-electron chi connectivity index (χ4n) is 3.26. The van der Waals surface area contributed by atoms with E-state index in [0.717, 1.165) is 54.2 Å². The first-order valence-corrected chi connectivity index (χ1v) is 12.0. The summed E-state index contributed by atoms with van der Waals surface area (Å²) in [5.41, 5.74) is 3.39. The topological polar surface area (TPSA) is 67.8 Å². The molecule has 1 aromatic heterocycles. The lowest BCUT2D eigenvalue weighted by atomic mass is 9.98. The second-order valence-corrected chi connectivity index (χ2v) is 9.95. The van der Waals surface area contributed by atoms with Gasteiger partial charge in [0.25, 0.3) is 0 Å². The SMILES string of the molecule is CCNC(=NCc1ccc(C)cc1OCC1CCOC1)NCc1csc(C(C)(C)C)n1. The number of benzene rings is 1. The van der Waals surface area contributed by atoms with Gasteiger partial charge in [-0.1, -0.05) is 32.9 Å². The van der Waals surface area contributed by atoms with E-state index in [-0.39, 0.29) is 5.41 Å². The van der Waals surface area contributed by atoms with Gasteiger partial charge in [-0.2, -0.15) is 0 Å². The second kappa shape index (κ2) is 11.0. The van der Waals surface area contributed by atoms with Crippen LogP contribution in [0.15, 0.2) is 28.6 Å². The molecular weight excluding hydrogens is 408 g/mol. The van der Waals surface area contributed by atoms with E-state index < -0.39 is 0 Å². The summed E-state index contributed by atoms with van der Waals surface area (Å²) in [4.78, 5) is 9.55. The molecule has 0 bridgehead atoms. The van der Waals surface area contributed by atoms with Crippen molar-refractivity contribution in [3.8, 4) is 5.75 Å². The third-order valence-corrected chi connectivity index (χ3v) is 6.42. The van der Waals surface area contributed by atoms with Gasteiger partial charge in [0, 0.05) is 35.4 Å². The Labute approximate surface area is 190 Å². The third kappa shape index (κ3) is 7.21. The molecule has 1 atom stereocenters. The van der Waals surface area contributed by atoms with Crippen LogP contribution in [0, 0.1) is 12.8 Å². The Morgan fingerprint density at radius 2 is 2.16 bits per heavy atom. The summed E-state index contributed by atoms with van der Waals surface area (Å²) in [6.45, 7) is 15.1. The van der Waals surface area contributed by atoms with E-state index in [1.165, 1.54) is 5.56 Å². The van der Waals surface area contributed by atoms with E-state index in [1.54, 1.807) is 11.3 Å². The van der Waals surface area contributed by atoms with Gasteiger partial charge in [0.1, 0.15) is 5.75 Å². The van der Waals surface area contributed by atoms with E-state index in [1.807, 2.05) is 0 Å². The fraction of sp³-hybridized carbons (Fsp3) is 0.583. The minimum Gasteiger partial charge on any atom is -0.493 e. The molecule has 3 rings (SSSR count). The molecule has 0 radical (unpaired) electrons. The van der Waals surface area contributed by atoms with Gasteiger partial charge >= 0.3 is 0 Å². The molecule has 2 heterocycles. The van der Waals surface area contributed by atoms with Crippen LogP contribution in [0.25, 0.3) is 0 Å². The van der Waals surface area contributed by atoms with Gasteiger partial charge in [-0.05, 0) is 31.9 Å². The van der Waals surface area contributed by atoms with Gasteiger partial charge < -0.3 is 20.1 Å². The molecule has 2 aromatic rings. The highest BCUT2D eigenvalue weighted by Gasteiger charge is 2.18. The Balaban J connectivity index is 1.63. The summed E-state index contributed by atoms with van der Waals surface area (Å²) in [5, 5.41) is 10.0. The lowest BCUT2D eigenvalue weighted by Gasteiger charge is -2.15. The average molecular weight is 445 g/mol. The molecule has 2 N–H and O–H groups in total. The maximum atomic E-state index is 6.16. The summed E-state index contributed by atoms with van der Waals surface area (Å²) in [5.74, 6) is 2.18. The van der Waals surface area contributed by atoms with Crippen LogP contribution in [0.2, 0.25) is 0 Å². The van der Waals surface area contributed by atoms with Gasteiger partial charge in [0.2, 0.25) is 0 Å². The number of hydrogen-bond acceptors (Lipinski definition) is 5. The first-order valence-electron chi connectivity index (χ1n) is 11.1. The molecule has 6 nitrogen and oxygen atoms in total. The molecule has 0 saturated carbocycles. The van der Waals surface area contributed by atoms with Crippen LogP contribution in [0.4, 0.5) is 0 Å². The molecule has 0 spiro atoms. The Morgan fingerprint density at radius 1 is 1.32 bits per heavy atom. The Kier molecular flexibility index (Phi) is 8.32. The zero-order valence-corrected chi connectivity index (χ0v) is 20.3. The second-order valence-electron chi connectivity index (χ2n) is 9.09. The molecule has 7 heteroatoms. The summed E-state index contributed by atoms with van der Waals surface area (Å²) in [6, 6.07) is 6.32. The zero-order chi connectivity index (χ0) is 22.3. The Hall–Kier alpha value is -2.12. The third-order valence-electron chi connectivity index (χ3n) is 5.10. The van der Waals surface area contributed by atoms with Crippen LogP contribution >= 0.6 is 11.3 Å². The van der Waals surface area contributed by atoms with Crippen LogP contribution in [0.3, 0.4) is 0 Å². The number of aryl methyl sites for hydroxylation is 1. The van der Waals surface area contributed by atoms with Crippen molar-refractivity contribution in [3.05, 3.63) is 45.4 Å². The molecule has 31 heavy (non-hydrogen) atoms. The highest BCUT2D eigenvalue weighted by Crippen LogP contribution is 2.26. The van der Waals surface area contributed by atoms with E-state index in [9.17, 15) is 0 Å². The molecule has 0 aliphatic carbocycles. The van der Waals surface area contributed by atoms with Crippen LogP contribution in [0.5, 0.6) is 5.75 Å². The normalized spacial score (nSPS) is 17.1. The van der Waals surface area contributed by atoms with Gasteiger partial charge in [-0.15, -0.1) is 11.3 Å². The van der Waals surface area contributed by atoms with Crippen LogP contribution in [-0.4, -0.2) is 37.3 Å². The van der Waals surface area contributed by atoms with Crippen molar-refractivity contribution in [1.29, 1.82) is 0 Å². The number of guanidine groups is 1. The molecule has 1 unspecified atom stereocenters. The maximum Gasteiger partial charge on any atom is 0.191 e.